The minimum absolute atomic E-state index is 0.466. The van der Waals surface area contributed by atoms with Gasteiger partial charge in [0.15, 0.2) is 0 Å². The van der Waals surface area contributed by atoms with Crippen LogP contribution in [-0.4, -0.2) is 22.9 Å². The van der Waals surface area contributed by atoms with E-state index in [1.807, 2.05) is 18.3 Å². The van der Waals surface area contributed by atoms with E-state index in [9.17, 15) is 0 Å². The maximum atomic E-state index is 5.46. The summed E-state index contributed by atoms with van der Waals surface area (Å²) in [5.74, 6) is 0. The maximum absolute atomic E-state index is 5.46. The molecule has 1 unspecified atom stereocenters. The first-order valence-electron chi connectivity index (χ1n) is 5.97. The van der Waals surface area contributed by atoms with E-state index in [1.54, 1.807) is 6.26 Å². The van der Waals surface area contributed by atoms with Crippen LogP contribution in [0.2, 0.25) is 0 Å². The highest BCUT2D eigenvalue weighted by Gasteiger charge is 2.20. The molecular weight excluding hydrogens is 214 g/mol. The van der Waals surface area contributed by atoms with Gasteiger partial charge >= 0.3 is 0 Å². The fourth-order valence-electron chi connectivity index (χ4n) is 2.71. The standard InChI is InChI=1S/C13H13N3O/c1-2-12-11(4-6-17-12)13-9(1)7-15-16(13)10-3-5-14-8-10/h1-2,4,6-7,10,14H,3,5,8H2. The predicted octanol–water partition coefficient (Wildman–Crippen LogP) is 2.32. The Morgan fingerprint density at radius 1 is 1.35 bits per heavy atom. The summed E-state index contributed by atoms with van der Waals surface area (Å²) >= 11 is 0. The molecule has 1 saturated heterocycles. The third-order valence-electron chi connectivity index (χ3n) is 3.57. The molecule has 0 saturated carbocycles. The van der Waals surface area contributed by atoms with Gasteiger partial charge in [0.05, 0.1) is 24.0 Å². The third-order valence-corrected chi connectivity index (χ3v) is 3.57. The number of benzene rings is 1. The summed E-state index contributed by atoms with van der Waals surface area (Å²) in [5.41, 5.74) is 2.13. The maximum Gasteiger partial charge on any atom is 0.136 e. The Hall–Kier alpha value is -1.81. The first kappa shape index (κ1) is 9.24. The number of rotatable bonds is 1. The largest absolute Gasteiger partial charge is 0.464 e. The van der Waals surface area contributed by atoms with Crippen molar-refractivity contribution in [3.63, 3.8) is 0 Å². The zero-order valence-electron chi connectivity index (χ0n) is 9.39. The lowest BCUT2D eigenvalue weighted by atomic mass is 10.1. The van der Waals surface area contributed by atoms with Crippen LogP contribution in [0, 0.1) is 0 Å². The molecule has 1 aliphatic rings. The van der Waals surface area contributed by atoms with Crippen LogP contribution in [-0.2, 0) is 0 Å². The molecule has 2 aromatic heterocycles. The molecule has 0 amide bonds. The molecule has 1 aromatic carbocycles. The van der Waals surface area contributed by atoms with Crippen molar-refractivity contribution < 1.29 is 4.42 Å². The van der Waals surface area contributed by atoms with Gasteiger partial charge in [-0.25, -0.2) is 0 Å². The number of furan rings is 1. The second-order valence-electron chi connectivity index (χ2n) is 4.57. The second kappa shape index (κ2) is 3.34. The Morgan fingerprint density at radius 3 is 3.24 bits per heavy atom. The van der Waals surface area contributed by atoms with Crippen LogP contribution in [0.5, 0.6) is 0 Å². The van der Waals surface area contributed by atoms with Crippen molar-refractivity contribution in [1.29, 1.82) is 0 Å². The van der Waals surface area contributed by atoms with E-state index in [2.05, 4.69) is 21.2 Å². The van der Waals surface area contributed by atoms with Crippen molar-refractivity contribution in [1.82, 2.24) is 15.1 Å². The second-order valence-corrected chi connectivity index (χ2v) is 4.57. The lowest BCUT2D eigenvalue weighted by molar-refractivity contribution is 0.507. The summed E-state index contributed by atoms with van der Waals surface area (Å²) in [5, 5.41) is 10.3. The Balaban J connectivity index is 2.05. The lowest BCUT2D eigenvalue weighted by Crippen LogP contribution is -2.14. The highest BCUT2D eigenvalue weighted by molar-refractivity contribution is 6.03. The summed E-state index contributed by atoms with van der Waals surface area (Å²) in [6, 6.07) is 6.58. The molecule has 0 bridgehead atoms. The Kier molecular flexibility index (Phi) is 1.82. The van der Waals surface area contributed by atoms with E-state index in [1.165, 1.54) is 10.9 Å². The quantitative estimate of drug-likeness (QED) is 0.693. The smallest absolute Gasteiger partial charge is 0.136 e. The summed E-state index contributed by atoms with van der Waals surface area (Å²) in [7, 11) is 0. The average Bonchev–Trinajstić information content (AvgIpc) is 3.08. The van der Waals surface area contributed by atoms with Gasteiger partial charge in [-0.05, 0) is 31.2 Å². The van der Waals surface area contributed by atoms with Crippen molar-refractivity contribution in [3.8, 4) is 0 Å². The van der Waals surface area contributed by atoms with Gasteiger partial charge in [0.2, 0.25) is 0 Å². The summed E-state index contributed by atoms with van der Waals surface area (Å²) < 4.78 is 7.60. The number of hydrogen-bond donors (Lipinski definition) is 1. The normalized spacial score (nSPS) is 20.6. The Labute approximate surface area is 98.2 Å². The van der Waals surface area contributed by atoms with Gasteiger partial charge < -0.3 is 9.73 Å². The number of aromatic nitrogens is 2. The molecule has 86 valence electrons. The summed E-state index contributed by atoms with van der Waals surface area (Å²) in [6.07, 6.45) is 4.83. The van der Waals surface area contributed by atoms with Crippen LogP contribution >= 0.6 is 0 Å². The third kappa shape index (κ3) is 1.24. The fourth-order valence-corrected chi connectivity index (χ4v) is 2.71. The highest BCUT2D eigenvalue weighted by Crippen LogP contribution is 2.29. The van der Waals surface area contributed by atoms with Gasteiger partial charge in [0.1, 0.15) is 5.58 Å². The van der Waals surface area contributed by atoms with Gasteiger partial charge in [-0.3, -0.25) is 4.68 Å². The van der Waals surface area contributed by atoms with Crippen molar-refractivity contribution in [2.24, 2.45) is 0 Å². The number of hydrogen-bond acceptors (Lipinski definition) is 3. The molecule has 4 rings (SSSR count). The SMILES string of the molecule is c1cc2c(ccc3cnn(C4CCNC4)c32)o1. The number of nitrogens with zero attached hydrogens (tertiary/aromatic N) is 2. The van der Waals surface area contributed by atoms with Crippen LogP contribution in [0.15, 0.2) is 35.1 Å². The number of nitrogens with one attached hydrogen (secondary N) is 1. The molecule has 0 spiro atoms. The van der Waals surface area contributed by atoms with Crippen molar-refractivity contribution in [2.75, 3.05) is 13.1 Å². The van der Waals surface area contributed by atoms with Crippen LogP contribution in [0.4, 0.5) is 0 Å². The van der Waals surface area contributed by atoms with E-state index in [-0.39, 0.29) is 0 Å². The van der Waals surface area contributed by atoms with E-state index < -0.39 is 0 Å². The first-order chi connectivity index (χ1) is 8.43. The number of fused-ring (bicyclic) bond motifs is 3. The summed E-state index contributed by atoms with van der Waals surface area (Å²) in [6.45, 7) is 2.08. The van der Waals surface area contributed by atoms with Gasteiger partial charge in [-0.15, -0.1) is 0 Å². The van der Waals surface area contributed by atoms with Crippen molar-refractivity contribution >= 4 is 21.9 Å². The highest BCUT2D eigenvalue weighted by atomic mass is 16.3. The van der Waals surface area contributed by atoms with E-state index in [0.29, 0.717) is 6.04 Å². The van der Waals surface area contributed by atoms with Crippen LogP contribution in [0.25, 0.3) is 21.9 Å². The molecule has 17 heavy (non-hydrogen) atoms. The molecule has 3 heterocycles. The molecule has 3 aromatic rings. The van der Waals surface area contributed by atoms with Crippen LogP contribution in [0.3, 0.4) is 0 Å². The molecule has 0 aliphatic carbocycles. The molecule has 1 aliphatic heterocycles. The van der Waals surface area contributed by atoms with Gasteiger partial charge in [0, 0.05) is 17.3 Å². The van der Waals surface area contributed by atoms with Crippen molar-refractivity contribution in [3.05, 3.63) is 30.7 Å². The van der Waals surface area contributed by atoms with Crippen molar-refractivity contribution in [2.45, 2.75) is 12.5 Å². The van der Waals surface area contributed by atoms with Gasteiger partial charge in [0.25, 0.3) is 0 Å². The molecule has 1 N–H and O–H groups in total. The van der Waals surface area contributed by atoms with Gasteiger partial charge in [-0.1, -0.05) is 0 Å². The van der Waals surface area contributed by atoms with E-state index in [4.69, 9.17) is 4.42 Å². The Morgan fingerprint density at radius 2 is 2.35 bits per heavy atom. The summed E-state index contributed by atoms with van der Waals surface area (Å²) in [4.78, 5) is 0. The molecular formula is C13H13N3O. The van der Waals surface area contributed by atoms with E-state index in [0.717, 1.165) is 30.5 Å². The van der Waals surface area contributed by atoms with Gasteiger partial charge in [-0.2, -0.15) is 5.10 Å². The van der Waals surface area contributed by atoms with E-state index >= 15 is 0 Å². The Bertz CT molecular complexity index is 676. The zero-order chi connectivity index (χ0) is 11.2. The molecule has 1 atom stereocenters. The minimum atomic E-state index is 0.466. The average molecular weight is 227 g/mol. The zero-order valence-corrected chi connectivity index (χ0v) is 9.39. The molecule has 1 fully saturated rings. The first-order valence-corrected chi connectivity index (χ1v) is 5.97. The minimum Gasteiger partial charge on any atom is -0.464 e. The monoisotopic (exact) mass is 227 g/mol. The van der Waals surface area contributed by atoms with Crippen LogP contribution < -0.4 is 5.32 Å². The molecule has 4 nitrogen and oxygen atoms in total. The topological polar surface area (TPSA) is 43.0 Å². The lowest BCUT2D eigenvalue weighted by Gasteiger charge is -2.10. The predicted molar refractivity (Wildman–Crippen MR) is 66.0 cm³/mol. The van der Waals surface area contributed by atoms with Crippen LogP contribution in [0.1, 0.15) is 12.5 Å². The fraction of sp³-hybridized carbons (Fsp3) is 0.308. The molecule has 0 radical (unpaired) electrons. The molecule has 4 heteroatoms.